The van der Waals surface area contributed by atoms with Gasteiger partial charge in [-0.25, -0.2) is 0 Å². The van der Waals surface area contributed by atoms with Crippen LogP contribution < -0.4 is 0 Å². The summed E-state index contributed by atoms with van der Waals surface area (Å²) in [6.45, 7) is 8.03. The van der Waals surface area contributed by atoms with Crippen molar-refractivity contribution in [2.45, 2.75) is 90.4 Å². The van der Waals surface area contributed by atoms with Crippen LogP contribution in [0.15, 0.2) is 11.6 Å². The Balaban J connectivity index is 1.43. The molecule has 27 heavy (non-hydrogen) atoms. The van der Waals surface area contributed by atoms with E-state index in [-0.39, 0.29) is 34.8 Å². The molecule has 0 radical (unpaired) electrons. The smallest absolute Gasteiger partial charge is 0.302 e. The predicted molar refractivity (Wildman–Crippen MR) is 101 cm³/mol. The number of carbonyl (C=O) groups excluding carboxylic acids is 2. The normalized spacial score (nSPS) is 52.6. The molecule has 0 spiro atoms. The zero-order chi connectivity index (χ0) is 19.2. The van der Waals surface area contributed by atoms with Crippen molar-refractivity contribution in [2.75, 3.05) is 0 Å². The Bertz CT molecular complexity index is 741. The molecule has 1 heterocycles. The molecule has 1 saturated heterocycles. The molecule has 0 amide bonds. The number of epoxide rings is 1. The van der Waals surface area contributed by atoms with E-state index in [1.165, 1.54) is 18.9 Å². The molecule has 0 unspecified atom stereocenters. The van der Waals surface area contributed by atoms with Crippen molar-refractivity contribution in [2.24, 2.45) is 28.6 Å². The van der Waals surface area contributed by atoms with Crippen LogP contribution in [0.1, 0.15) is 72.6 Å². The van der Waals surface area contributed by atoms with Crippen LogP contribution in [0.2, 0.25) is 0 Å². The van der Waals surface area contributed by atoms with Gasteiger partial charge in [0, 0.05) is 18.8 Å². The largest absolute Gasteiger partial charge is 0.462 e. The van der Waals surface area contributed by atoms with Gasteiger partial charge in [-0.15, -0.1) is 0 Å². The summed E-state index contributed by atoms with van der Waals surface area (Å²) in [5.74, 6) is 2.03. The number of hydrogen-bond donors (Lipinski definition) is 0. The molecule has 4 fully saturated rings. The van der Waals surface area contributed by atoms with E-state index in [1.807, 2.05) is 0 Å². The Morgan fingerprint density at radius 3 is 2.63 bits per heavy atom. The van der Waals surface area contributed by atoms with Crippen molar-refractivity contribution in [1.29, 1.82) is 0 Å². The third kappa shape index (κ3) is 2.14. The van der Waals surface area contributed by atoms with Crippen LogP contribution in [-0.2, 0) is 19.1 Å². The first-order valence-corrected chi connectivity index (χ1v) is 10.8. The van der Waals surface area contributed by atoms with E-state index in [0.717, 1.165) is 38.5 Å². The molecular weight excluding hydrogens is 340 g/mol. The molecular formula is C23H32O4. The second-order valence-electron chi connectivity index (χ2n) is 10.3. The number of allylic oxidation sites excluding steroid dienone is 1. The fraction of sp³-hybridized carbons (Fsp3) is 0.826. The van der Waals surface area contributed by atoms with Crippen LogP contribution in [0.5, 0.6) is 0 Å². The molecule has 4 heteroatoms. The monoisotopic (exact) mass is 372 g/mol. The molecule has 0 N–H and O–H groups in total. The standard InChI is InChI=1S/C23H32O4/c1-13(24)23-20(27-23)12-19-17-6-5-15-11-16(26-14(2)25)7-9-21(15,3)18(17)8-10-22(19,23)4/h5,16-20H,6-12H2,1-4H3/t16-,17-,18+,19-,20-,21-,22-,23-/m1/s1. The summed E-state index contributed by atoms with van der Waals surface area (Å²) < 4.78 is 11.6. The molecule has 148 valence electrons. The lowest BCUT2D eigenvalue weighted by molar-refractivity contribution is -0.149. The lowest BCUT2D eigenvalue weighted by Gasteiger charge is -2.58. The minimum Gasteiger partial charge on any atom is -0.462 e. The van der Waals surface area contributed by atoms with E-state index in [0.29, 0.717) is 17.8 Å². The van der Waals surface area contributed by atoms with Crippen molar-refractivity contribution in [1.82, 2.24) is 0 Å². The van der Waals surface area contributed by atoms with Gasteiger partial charge in [0.1, 0.15) is 6.10 Å². The Hall–Kier alpha value is -1.16. The third-order valence-corrected chi connectivity index (χ3v) is 9.34. The molecule has 0 aromatic carbocycles. The Morgan fingerprint density at radius 2 is 1.93 bits per heavy atom. The summed E-state index contributed by atoms with van der Waals surface area (Å²) in [4.78, 5) is 23.8. The molecule has 4 nitrogen and oxygen atoms in total. The minimum atomic E-state index is -0.472. The third-order valence-electron chi connectivity index (χ3n) is 9.34. The van der Waals surface area contributed by atoms with E-state index in [2.05, 4.69) is 19.9 Å². The number of hydrogen-bond acceptors (Lipinski definition) is 4. The number of ketones is 1. The first-order valence-electron chi connectivity index (χ1n) is 10.8. The average Bonchev–Trinajstić information content (AvgIpc) is 3.27. The average molecular weight is 373 g/mol. The van der Waals surface area contributed by atoms with Crippen molar-refractivity contribution < 1.29 is 19.1 Å². The molecule has 4 aliphatic carbocycles. The second-order valence-corrected chi connectivity index (χ2v) is 10.3. The van der Waals surface area contributed by atoms with Gasteiger partial charge >= 0.3 is 5.97 Å². The maximum Gasteiger partial charge on any atom is 0.302 e. The van der Waals surface area contributed by atoms with Gasteiger partial charge < -0.3 is 9.47 Å². The summed E-state index contributed by atoms with van der Waals surface area (Å²) in [6, 6.07) is 0. The number of Topliss-reactive ketones (excluding diaryl/α,β-unsaturated/α-hetero) is 1. The molecule has 0 aromatic heterocycles. The SMILES string of the molecule is CC(=O)O[C@@H]1CC[C@]2(C)C(=CC[C@H]3[C@H]4C[C@H]5O[C@@]5(C(C)=O)[C@]4(C)CC[C@@H]32)C1. The lowest BCUT2D eigenvalue weighted by atomic mass is 9.47. The van der Waals surface area contributed by atoms with Gasteiger partial charge in [-0.2, -0.15) is 0 Å². The van der Waals surface area contributed by atoms with E-state index in [1.54, 1.807) is 6.92 Å². The number of esters is 1. The maximum absolute atomic E-state index is 12.5. The molecule has 0 bridgehead atoms. The van der Waals surface area contributed by atoms with Gasteiger partial charge in [-0.3, -0.25) is 9.59 Å². The van der Waals surface area contributed by atoms with Crippen LogP contribution in [-0.4, -0.2) is 29.6 Å². The number of ether oxygens (including phenoxy) is 2. The van der Waals surface area contributed by atoms with E-state index in [9.17, 15) is 9.59 Å². The zero-order valence-corrected chi connectivity index (χ0v) is 17.0. The van der Waals surface area contributed by atoms with Crippen molar-refractivity contribution >= 4 is 11.8 Å². The molecule has 5 rings (SSSR count). The summed E-state index contributed by atoms with van der Waals surface area (Å²) >= 11 is 0. The van der Waals surface area contributed by atoms with Gasteiger partial charge in [-0.05, 0) is 68.6 Å². The first-order chi connectivity index (χ1) is 12.7. The highest BCUT2D eigenvalue weighted by Crippen LogP contribution is 2.73. The van der Waals surface area contributed by atoms with Gasteiger partial charge in [0.25, 0.3) is 0 Å². The number of fused-ring (bicyclic) bond motifs is 7. The Morgan fingerprint density at radius 1 is 1.15 bits per heavy atom. The highest BCUT2D eigenvalue weighted by atomic mass is 16.6. The van der Waals surface area contributed by atoms with Crippen molar-refractivity contribution in [3.8, 4) is 0 Å². The van der Waals surface area contributed by atoms with Crippen LogP contribution in [0.25, 0.3) is 0 Å². The van der Waals surface area contributed by atoms with E-state index in [4.69, 9.17) is 9.47 Å². The van der Waals surface area contributed by atoms with Crippen LogP contribution in [0.3, 0.4) is 0 Å². The summed E-state index contributed by atoms with van der Waals surface area (Å²) in [7, 11) is 0. The molecule has 1 aliphatic heterocycles. The maximum atomic E-state index is 12.5. The highest BCUT2D eigenvalue weighted by Gasteiger charge is 2.79. The molecule has 5 aliphatic rings. The zero-order valence-electron chi connectivity index (χ0n) is 17.0. The van der Waals surface area contributed by atoms with Crippen LogP contribution in [0.4, 0.5) is 0 Å². The number of rotatable bonds is 2. The van der Waals surface area contributed by atoms with Gasteiger partial charge in [0.15, 0.2) is 11.4 Å². The van der Waals surface area contributed by atoms with Crippen molar-refractivity contribution in [3.05, 3.63) is 11.6 Å². The fourth-order valence-corrected chi connectivity index (χ4v) is 8.03. The van der Waals surface area contributed by atoms with Gasteiger partial charge in [-0.1, -0.05) is 25.5 Å². The quantitative estimate of drug-likeness (QED) is 0.414. The predicted octanol–water partition coefficient (Wildman–Crippen LogP) is 4.22. The molecule has 8 atom stereocenters. The second kappa shape index (κ2) is 5.46. The Labute approximate surface area is 162 Å². The van der Waals surface area contributed by atoms with Crippen molar-refractivity contribution in [3.63, 3.8) is 0 Å². The van der Waals surface area contributed by atoms with Gasteiger partial charge in [0.2, 0.25) is 0 Å². The molecule has 3 saturated carbocycles. The van der Waals surface area contributed by atoms with Gasteiger partial charge in [0.05, 0.1) is 6.10 Å². The van der Waals surface area contributed by atoms with Crippen LogP contribution >= 0.6 is 0 Å². The summed E-state index contributed by atoms with van der Waals surface area (Å²) in [5, 5.41) is 0. The van der Waals surface area contributed by atoms with E-state index < -0.39 is 5.60 Å². The first kappa shape index (κ1) is 17.9. The highest BCUT2D eigenvalue weighted by molar-refractivity contribution is 5.90. The fourth-order valence-electron chi connectivity index (χ4n) is 8.03. The summed E-state index contributed by atoms with van der Waals surface area (Å²) in [5.41, 5.74) is 1.30. The van der Waals surface area contributed by atoms with E-state index >= 15 is 0 Å². The minimum absolute atomic E-state index is 0.0152. The topological polar surface area (TPSA) is 55.9 Å². The number of carbonyl (C=O) groups is 2. The van der Waals surface area contributed by atoms with Crippen LogP contribution in [0, 0.1) is 28.6 Å². The Kier molecular flexibility index (Phi) is 3.62. The summed E-state index contributed by atoms with van der Waals surface area (Å²) in [6.07, 6.45) is 10.1. The lowest BCUT2D eigenvalue weighted by Crippen LogP contribution is -2.54. The molecule has 0 aromatic rings.